The molecule has 0 atom stereocenters. The first kappa shape index (κ1) is 14.8. The van der Waals surface area contributed by atoms with E-state index in [0.29, 0.717) is 16.7 Å². The molecule has 0 spiro atoms. The summed E-state index contributed by atoms with van der Waals surface area (Å²) >= 11 is 0. The topological polar surface area (TPSA) is 47.3 Å². The lowest BCUT2D eigenvalue weighted by molar-refractivity contribution is 0.555. The van der Waals surface area contributed by atoms with Crippen LogP contribution in [0.15, 0.2) is 50.6 Å². The molecule has 1 heterocycles. The minimum atomic E-state index is -3.84. The standard InChI is InChI=1S/C17H15FO3S/c1-10-7-11(2)16-15(8-10)17(12(3)21-16)22(19,20)14-6-4-5-13(18)9-14/h4-9H,1-3H3. The van der Waals surface area contributed by atoms with Crippen molar-refractivity contribution in [1.82, 2.24) is 0 Å². The third-order valence-electron chi connectivity index (χ3n) is 3.61. The van der Waals surface area contributed by atoms with Crippen molar-refractivity contribution in [3.63, 3.8) is 0 Å². The number of hydrogen-bond donors (Lipinski definition) is 0. The van der Waals surface area contributed by atoms with Crippen molar-refractivity contribution in [3.05, 3.63) is 59.1 Å². The van der Waals surface area contributed by atoms with E-state index in [1.807, 2.05) is 19.9 Å². The maximum Gasteiger partial charge on any atom is 0.210 e. The number of halogens is 1. The zero-order chi connectivity index (χ0) is 16.1. The largest absolute Gasteiger partial charge is 0.460 e. The summed E-state index contributed by atoms with van der Waals surface area (Å²) in [5.41, 5.74) is 2.37. The summed E-state index contributed by atoms with van der Waals surface area (Å²) in [5, 5.41) is 0.541. The number of rotatable bonds is 2. The van der Waals surface area contributed by atoms with Crippen molar-refractivity contribution in [3.8, 4) is 0 Å². The van der Waals surface area contributed by atoms with Crippen LogP contribution < -0.4 is 0 Å². The molecule has 0 bridgehead atoms. The summed E-state index contributed by atoms with van der Waals surface area (Å²) < 4.78 is 44.8. The number of furan rings is 1. The van der Waals surface area contributed by atoms with Gasteiger partial charge in [-0.3, -0.25) is 0 Å². The van der Waals surface area contributed by atoms with E-state index in [9.17, 15) is 12.8 Å². The summed E-state index contributed by atoms with van der Waals surface area (Å²) in [7, 11) is -3.84. The van der Waals surface area contributed by atoms with Gasteiger partial charge in [-0.2, -0.15) is 0 Å². The monoisotopic (exact) mass is 318 g/mol. The molecule has 22 heavy (non-hydrogen) atoms. The summed E-state index contributed by atoms with van der Waals surface area (Å²) in [4.78, 5) is 0.0392. The Morgan fingerprint density at radius 3 is 2.45 bits per heavy atom. The van der Waals surface area contributed by atoms with Crippen molar-refractivity contribution in [2.75, 3.05) is 0 Å². The molecule has 1 aromatic heterocycles. The van der Waals surface area contributed by atoms with E-state index in [4.69, 9.17) is 4.42 Å². The molecule has 3 rings (SSSR count). The third kappa shape index (κ3) is 2.22. The molecular weight excluding hydrogens is 303 g/mol. The zero-order valence-electron chi connectivity index (χ0n) is 12.5. The number of sulfone groups is 1. The van der Waals surface area contributed by atoms with E-state index in [0.717, 1.165) is 17.2 Å². The highest BCUT2D eigenvalue weighted by molar-refractivity contribution is 7.91. The lowest BCUT2D eigenvalue weighted by Crippen LogP contribution is -2.03. The zero-order valence-corrected chi connectivity index (χ0v) is 13.3. The quantitative estimate of drug-likeness (QED) is 0.706. The van der Waals surface area contributed by atoms with Gasteiger partial charge in [0.2, 0.25) is 9.84 Å². The van der Waals surface area contributed by atoms with Crippen LogP contribution in [0.3, 0.4) is 0 Å². The van der Waals surface area contributed by atoms with Gasteiger partial charge in [0.25, 0.3) is 0 Å². The van der Waals surface area contributed by atoms with Gasteiger partial charge >= 0.3 is 0 Å². The molecule has 0 saturated carbocycles. The highest BCUT2D eigenvalue weighted by Crippen LogP contribution is 2.35. The minimum absolute atomic E-state index is 0.0718. The average Bonchev–Trinajstić information content (AvgIpc) is 2.76. The first-order valence-electron chi connectivity index (χ1n) is 6.81. The van der Waals surface area contributed by atoms with Crippen molar-refractivity contribution in [2.24, 2.45) is 0 Å². The van der Waals surface area contributed by atoms with Gasteiger partial charge in [0.05, 0.1) is 4.90 Å². The summed E-state index contributed by atoms with van der Waals surface area (Å²) in [6.45, 7) is 5.38. The number of aryl methyl sites for hydroxylation is 3. The van der Waals surface area contributed by atoms with Crippen LogP contribution in [-0.2, 0) is 9.84 Å². The molecule has 3 aromatic rings. The van der Waals surface area contributed by atoms with Crippen LogP contribution in [0.5, 0.6) is 0 Å². The van der Waals surface area contributed by atoms with Gasteiger partial charge < -0.3 is 4.42 Å². The molecule has 0 aliphatic carbocycles. The highest BCUT2D eigenvalue weighted by Gasteiger charge is 2.27. The molecular formula is C17H15FO3S. The van der Waals surface area contributed by atoms with Crippen LogP contribution in [0.2, 0.25) is 0 Å². The second-order valence-electron chi connectivity index (χ2n) is 5.41. The lowest BCUT2D eigenvalue weighted by Gasteiger charge is -2.05. The average molecular weight is 318 g/mol. The molecule has 0 unspecified atom stereocenters. The fourth-order valence-corrected chi connectivity index (χ4v) is 4.36. The molecule has 0 saturated heterocycles. The Bertz CT molecular complexity index is 985. The predicted octanol–water partition coefficient (Wildman–Crippen LogP) is 4.33. The van der Waals surface area contributed by atoms with E-state index >= 15 is 0 Å². The summed E-state index contributed by atoms with van der Waals surface area (Å²) in [6, 6.07) is 8.73. The van der Waals surface area contributed by atoms with Crippen molar-refractivity contribution < 1.29 is 17.2 Å². The van der Waals surface area contributed by atoms with Gasteiger partial charge in [0.1, 0.15) is 22.1 Å². The molecule has 2 aromatic carbocycles. The van der Waals surface area contributed by atoms with E-state index in [2.05, 4.69) is 0 Å². The predicted molar refractivity (Wildman–Crippen MR) is 82.3 cm³/mol. The van der Waals surface area contributed by atoms with E-state index in [1.54, 1.807) is 13.0 Å². The van der Waals surface area contributed by atoms with Gasteiger partial charge in [-0.05, 0) is 56.2 Å². The van der Waals surface area contributed by atoms with Crippen LogP contribution in [0.1, 0.15) is 16.9 Å². The van der Waals surface area contributed by atoms with E-state index < -0.39 is 15.7 Å². The fraction of sp³-hybridized carbons (Fsp3) is 0.176. The molecule has 3 nitrogen and oxygen atoms in total. The summed E-state index contributed by atoms with van der Waals surface area (Å²) in [6.07, 6.45) is 0. The first-order valence-corrected chi connectivity index (χ1v) is 8.30. The third-order valence-corrected chi connectivity index (χ3v) is 5.53. The van der Waals surface area contributed by atoms with E-state index in [-0.39, 0.29) is 9.79 Å². The van der Waals surface area contributed by atoms with Crippen LogP contribution in [0.25, 0.3) is 11.0 Å². The minimum Gasteiger partial charge on any atom is -0.460 e. The van der Waals surface area contributed by atoms with Gasteiger partial charge in [0.15, 0.2) is 0 Å². The molecule has 5 heteroatoms. The Morgan fingerprint density at radius 2 is 1.77 bits per heavy atom. The Labute approximate surface area is 128 Å². The SMILES string of the molecule is Cc1cc(C)c2oc(C)c(S(=O)(=O)c3cccc(F)c3)c2c1. The van der Waals surface area contributed by atoms with Gasteiger partial charge in [0, 0.05) is 5.39 Å². The second kappa shape index (κ2) is 4.95. The normalized spacial score (nSPS) is 12.0. The number of benzene rings is 2. The van der Waals surface area contributed by atoms with Gasteiger partial charge in [-0.25, -0.2) is 12.8 Å². The Kier molecular flexibility index (Phi) is 3.33. The van der Waals surface area contributed by atoms with Crippen molar-refractivity contribution in [1.29, 1.82) is 0 Å². The Morgan fingerprint density at radius 1 is 1.05 bits per heavy atom. The molecule has 114 valence electrons. The van der Waals surface area contributed by atoms with Crippen molar-refractivity contribution >= 4 is 20.8 Å². The maximum atomic E-state index is 13.4. The van der Waals surface area contributed by atoms with Crippen LogP contribution in [0.4, 0.5) is 4.39 Å². The first-order chi connectivity index (χ1) is 10.3. The molecule has 0 N–H and O–H groups in total. The summed E-state index contributed by atoms with van der Waals surface area (Å²) in [5.74, 6) is -0.271. The smallest absolute Gasteiger partial charge is 0.210 e. The van der Waals surface area contributed by atoms with Gasteiger partial charge in [-0.15, -0.1) is 0 Å². The Balaban J connectivity index is 2.37. The van der Waals surface area contributed by atoms with Crippen LogP contribution >= 0.6 is 0 Å². The molecule has 0 fully saturated rings. The maximum absolute atomic E-state index is 13.4. The van der Waals surface area contributed by atoms with Crippen molar-refractivity contribution in [2.45, 2.75) is 30.6 Å². The molecule has 0 aliphatic rings. The number of fused-ring (bicyclic) bond motifs is 1. The molecule has 0 amide bonds. The molecule has 0 aliphatic heterocycles. The second-order valence-corrected chi connectivity index (χ2v) is 7.29. The fourth-order valence-electron chi connectivity index (χ4n) is 2.73. The Hall–Kier alpha value is -2.14. The van der Waals surface area contributed by atoms with Crippen LogP contribution in [-0.4, -0.2) is 8.42 Å². The van der Waals surface area contributed by atoms with Crippen LogP contribution in [0, 0.1) is 26.6 Å². The van der Waals surface area contributed by atoms with E-state index in [1.165, 1.54) is 18.2 Å². The van der Waals surface area contributed by atoms with Gasteiger partial charge in [-0.1, -0.05) is 12.1 Å². The lowest BCUT2D eigenvalue weighted by atomic mass is 10.1. The highest BCUT2D eigenvalue weighted by atomic mass is 32.2. The number of hydrogen-bond acceptors (Lipinski definition) is 3. The molecule has 0 radical (unpaired) electrons.